The van der Waals surface area contributed by atoms with Crippen molar-refractivity contribution >= 4 is 18.3 Å². The maximum Gasteiger partial charge on any atom is 0.252 e. The number of rotatable bonds is 3. The molecule has 1 saturated heterocycles. The molecule has 0 radical (unpaired) electrons. The topological polar surface area (TPSA) is 41.1 Å². The first-order valence-electron chi connectivity index (χ1n) is 7.74. The zero-order chi connectivity index (χ0) is 16.6. The molecule has 1 aliphatic carbocycles. The zero-order valence-electron chi connectivity index (χ0n) is 12.9. The van der Waals surface area contributed by atoms with Gasteiger partial charge in [-0.25, -0.2) is 17.6 Å². The Balaban J connectivity index is 0.00000208. The van der Waals surface area contributed by atoms with Gasteiger partial charge in [-0.05, 0) is 49.5 Å². The van der Waals surface area contributed by atoms with Crippen molar-refractivity contribution in [2.75, 3.05) is 13.1 Å². The van der Waals surface area contributed by atoms with E-state index >= 15 is 0 Å². The van der Waals surface area contributed by atoms with Gasteiger partial charge in [0.05, 0.1) is 0 Å². The predicted octanol–water partition coefficient (Wildman–Crippen LogP) is 3.38. The number of piperidine rings is 1. The molecular formula is C16H19ClF4N2O. The Kier molecular flexibility index (Phi) is 5.75. The summed E-state index contributed by atoms with van der Waals surface area (Å²) >= 11 is 0. The number of carbonyl (C=O) groups excluding carboxylic acids is 1. The molecule has 0 bridgehead atoms. The van der Waals surface area contributed by atoms with E-state index in [1.165, 1.54) is 6.07 Å². The molecule has 2 fully saturated rings. The van der Waals surface area contributed by atoms with Gasteiger partial charge in [0.2, 0.25) is 0 Å². The minimum atomic E-state index is -2.74. The average Bonchev–Trinajstić information content (AvgIpc) is 2.48. The standard InChI is InChI=1S/C16H18F4N2O.ClH/c17-13-6-10(15(23)22-11-7-16(19,20)8-11)5-12(14(13)18)9-1-3-21-4-2-9;/h5-6,9,11,21H,1-4,7-8H2,(H,22,23);1H. The molecule has 3 nitrogen and oxygen atoms in total. The van der Waals surface area contributed by atoms with E-state index in [0.29, 0.717) is 25.9 Å². The summed E-state index contributed by atoms with van der Waals surface area (Å²) in [7, 11) is 0. The average molecular weight is 367 g/mol. The fourth-order valence-corrected chi connectivity index (χ4v) is 3.20. The Morgan fingerprint density at radius 2 is 1.79 bits per heavy atom. The van der Waals surface area contributed by atoms with Crippen molar-refractivity contribution in [2.45, 2.75) is 43.6 Å². The first-order valence-corrected chi connectivity index (χ1v) is 7.74. The van der Waals surface area contributed by atoms with Crippen LogP contribution in [0.1, 0.15) is 47.5 Å². The number of benzene rings is 1. The number of amides is 1. The van der Waals surface area contributed by atoms with Gasteiger partial charge >= 0.3 is 0 Å². The molecule has 1 saturated carbocycles. The van der Waals surface area contributed by atoms with Crippen LogP contribution in [0.4, 0.5) is 17.6 Å². The highest BCUT2D eigenvalue weighted by Gasteiger charge is 2.46. The minimum Gasteiger partial charge on any atom is -0.349 e. The first kappa shape index (κ1) is 19.0. The van der Waals surface area contributed by atoms with Crippen LogP contribution < -0.4 is 10.6 Å². The van der Waals surface area contributed by atoms with E-state index < -0.39 is 42.3 Å². The summed E-state index contributed by atoms with van der Waals surface area (Å²) in [5, 5.41) is 5.58. The summed E-state index contributed by atoms with van der Waals surface area (Å²) in [6.45, 7) is 1.42. The molecule has 1 aliphatic heterocycles. The smallest absolute Gasteiger partial charge is 0.252 e. The Bertz CT molecular complexity index is 612. The van der Waals surface area contributed by atoms with Gasteiger partial charge in [0.1, 0.15) is 0 Å². The van der Waals surface area contributed by atoms with Gasteiger partial charge in [-0.15, -0.1) is 12.4 Å². The largest absolute Gasteiger partial charge is 0.349 e. The lowest BCUT2D eigenvalue weighted by Crippen LogP contribution is -2.50. The molecule has 8 heteroatoms. The first-order chi connectivity index (χ1) is 10.9. The minimum absolute atomic E-state index is 0. The van der Waals surface area contributed by atoms with E-state index in [-0.39, 0.29) is 29.5 Å². The summed E-state index contributed by atoms with van der Waals surface area (Å²) in [4.78, 5) is 12.1. The highest BCUT2D eigenvalue weighted by molar-refractivity contribution is 5.94. The van der Waals surface area contributed by atoms with Gasteiger partial charge in [-0.1, -0.05) is 0 Å². The van der Waals surface area contributed by atoms with Crippen molar-refractivity contribution < 1.29 is 22.4 Å². The SMILES string of the molecule is Cl.O=C(NC1CC(F)(F)C1)c1cc(F)c(F)c(C2CCNCC2)c1. The quantitative estimate of drug-likeness (QED) is 0.805. The Morgan fingerprint density at radius 1 is 1.17 bits per heavy atom. The monoisotopic (exact) mass is 366 g/mol. The lowest BCUT2D eigenvalue weighted by Gasteiger charge is -2.35. The van der Waals surface area contributed by atoms with Gasteiger partial charge in [0.15, 0.2) is 11.6 Å². The molecule has 0 atom stereocenters. The van der Waals surface area contributed by atoms with E-state index in [9.17, 15) is 22.4 Å². The molecule has 1 heterocycles. The fourth-order valence-electron chi connectivity index (χ4n) is 3.20. The number of alkyl halides is 2. The van der Waals surface area contributed by atoms with Crippen molar-refractivity contribution in [3.63, 3.8) is 0 Å². The lowest BCUT2D eigenvalue weighted by molar-refractivity contribution is -0.0901. The number of halogens is 5. The molecule has 0 unspecified atom stereocenters. The summed E-state index contributed by atoms with van der Waals surface area (Å²) in [5.41, 5.74) is 0.170. The maximum atomic E-state index is 14.0. The molecule has 134 valence electrons. The highest BCUT2D eigenvalue weighted by atomic mass is 35.5. The third-order valence-electron chi connectivity index (χ3n) is 4.52. The number of hydrogen-bond donors (Lipinski definition) is 2. The third-order valence-corrected chi connectivity index (χ3v) is 4.52. The number of carbonyl (C=O) groups is 1. The van der Waals surface area contributed by atoms with Crippen molar-refractivity contribution in [2.24, 2.45) is 0 Å². The normalized spacial score (nSPS) is 20.8. The third kappa shape index (κ3) is 4.00. The van der Waals surface area contributed by atoms with E-state index in [2.05, 4.69) is 10.6 Å². The fraction of sp³-hybridized carbons (Fsp3) is 0.562. The van der Waals surface area contributed by atoms with Crippen molar-refractivity contribution in [1.82, 2.24) is 10.6 Å². The maximum absolute atomic E-state index is 14.0. The van der Waals surface area contributed by atoms with Gasteiger partial charge in [-0.3, -0.25) is 4.79 Å². The van der Waals surface area contributed by atoms with Crippen LogP contribution in [0.2, 0.25) is 0 Å². The molecule has 24 heavy (non-hydrogen) atoms. The second-order valence-corrected chi connectivity index (χ2v) is 6.32. The molecule has 1 aromatic rings. The van der Waals surface area contributed by atoms with Gasteiger partial charge in [0.25, 0.3) is 11.8 Å². The number of nitrogens with one attached hydrogen (secondary N) is 2. The molecule has 1 aromatic carbocycles. The Morgan fingerprint density at radius 3 is 2.38 bits per heavy atom. The summed E-state index contributed by atoms with van der Waals surface area (Å²) in [5.74, 6) is -5.54. The van der Waals surface area contributed by atoms with Gasteiger partial charge in [0, 0.05) is 24.4 Å². The van der Waals surface area contributed by atoms with Crippen LogP contribution in [0, 0.1) is 11.6 Å². The summed E-state index contributed by atoms with van der Waals surface area (Å²) in [6.07, 6.45) is 0.500. The van der Waals surface area contributed by atoms with Crippen LogP contribution >= 0.6 is 12.4 Å². The van der Waals surface area contributed by atoms with Crippen LogP contribution in [-0.4, -0.2) is 31.0 Å². The molecule has 0 aromatic heterocycles. The van der Waals surface area contributed by atoms with Gasteiger partial charge < -0.3 is 10.6 Å². The van der Waals surface area contributed by atoms with Crippen LogP contribution in [0.15, 0.2) is 12.1 Å². The molecule has 2 N–H and O–H groups in total. The van der Waals surface area contributed by atoms with Crippen LogP contribution in [-0.2, 0) is 0 Å². The van der Waals surface area contributed by atoms with E-state index in [1.54, 1.807) is 0 Å². The number of hydrogen-bond acceptors (Lipinski definition) is 2. The Labute approximate surface area is 143 Å². The van der Waals surface area contributed by atoms with E-state index in [4.69, 9.17) is 0 Å². The van der Waals surface area contributed by atoms with Crippen molar-refractivity contribution in [1.29, 1.82) is 0 Å². The van der Waals surface area contributed by atoms with Gasteiger partial charge in [-0.2, -0.15) is 0 Å². The summed E-state index contributed by atoms with van der Waals surface area (Å²) < 4.78 is 53.5. The van der Waals surface area contributed by atoms with Crippen LogP contribution in [0.25, 0.3) is 0 Å². The molecule has 2 aliphatic rings. The van der Waals surface area contributed by atoms with Crippen LogP contribution in [0.3, 0.4) is 0 Å². The van der Waals surface area contributed by atoms with Crippen molar-refractivity contribution in [3.05, 3.63) is 34.9 Å². The summed E-state index contributed by atoms with van der Waals surface area (Å²) in [6, 6.07) is 1.56. The van der Waals surface area contributed by atoms with Crippen LogP contribution in [0.5, 0.6) is 0 Å². The Hall–Kier alpha value is -1.34. The predicted molar refractivity (Wildman–Crippen MR) is 83.9 cm³/mol. The second-order valence-electron chi connectivity index (χ2n) is 6.32. The zero-order valence-corrected chi connectivity index (χ0v) is 13.7. The molecule has 1 amide bonds. The molecule has 0 spiro atoms. The molecular weight excluding hydrogens is 348 g/mol. The van der Waals surface area contributed by atoms with E-state index in [1.807, 2.05) is 0 Å². The second kappa shape index (κ2) is 7.27. The lowest BCUT2D eigenvalue weighted by atomic mass is 9.87. The molecule has 3 rings (SSSR count). The highest BCUT2D eigenvalue weighted by Crippen LogP contribution is 2.37. The van der Waals surface area contributed by atoms with E-state index in [0.717, 1.165) is 6.07 Å². The van der Waals surface area contributed by atoms with Crippen molar-refractivity contribution in [3.8, 4) is 0 Å².